The summed E-state index contributed by atoms with van der Waals surface area (Å²) in [7, 11) is 1.97. The molecule has 1 N–H and O–H groups in total. The van der Waals surface area contributed by atoms with Crippen LogP contribution in [0.3, 0.4) is 0 Å². The zero-order valence-electron chi connectivity index (χ0n) is 11.0. The van der Waals surface area contributed by atoms with Crippen molar-refractivity contribution in [2.45, 2.75) is 19.6 Å². The Balaban J connectivity index is 1.83. The Morgan fingerprint density at radius 3 is 2.84 bits per heavy atom. The molecule has 0 bridgehead atoms. The molecular formula is C15H17N3O. The van der Waals surface area contributed by atoms with E-state index in [0.29, 0.717) is 0 Å². The van der Waals surface area contributed by atoms with Crippen molar-refractivity contribution in [1.29, 1.82) is 0 Å². The molecule has 0 aliphatic heterocycles. The van der Waals surface area contributed by atoms with Crippen LogP contribution in [-0.4, -0.2) is 19.5 Å². The van der Waals surface area contributed by atoms with Crippen molar-refractivity contribution in [2.75, 3.05) is 0 Å². The average molecular weight is 255 g/mol. The molecule has 0 atom stereocenters. The van der Waals surface area contributed by atoms with Crippen LogP contribution in [0.1, 0.15) is 11.3 Å². The second kappa shape index (κ2) is 4.90. The van der Waals surface area contributed by atoms with Gasteiger partial charge in [-0.1, -0.05) is 6.07 Å². The number of rotatable bonds is 4. The second-order valence-electron chi connectivity index (χ2n) is 4.76. The lowest BCUT2D eigenvalue weighted by molar-refractivity contribution is 0.282. The maximum atomic E-state index is 9.15. The molecular weight excluding hydrogens is 238 g/mol. The van der Waals surface area contributed by atoms with Gasteiger partial charge in [-0.3, -0.25) is 4.68 Å². The largest absolute Gasteiger partial charge is 0.392 e. The van der Waals surface area contributed by atoms with E-state index in [1.54, 1.807) is 0 Å². The average Bonchev–Trinajstić information content (AvgIpc) is 3.02. The fourth-order valence-electron chi connectivity index (χ4n) is 2.42. The van der Waals surface area contributed by atoms with Gasteiger partial charge in [-0.05, 0) is 35.2 Å². The van der Waals surface area contributed by atoms with Gasteiger partial charge in [0.1, 0.15) is 0 Å². The number of aryl methyl sites for hydroxylation is 3. The van der Waals surface area contributed by atoms with E-state index in [2.05, 4.69) is 34.1 Å². The Morgan fingerprint density at radius 2 is 2.11 bits per heavy atom. The first kappa shape index (κ1) is 12.0. The van der Waals surface area contributed by atoms with Crippen LogP contribution in [0.15, 0.2) is 42.7 Å². The Kier molecular flexibility index (Phi) is 3.09. The third-order valence-corrected chi connectivity index (χ3v) is 3.55. The number of benzene rings is 1. The highest BCUT2D eigenvalue weighted by Crippen LogP contribution is 2.18. The molecule has 0 unspecified atom stereocenters. The van der Waals surface area contributed by atoms with Gasteiger partial charge in [-0.2, -0.15) is 5.10 Å². The first-order chi connectivity index (χ1) is 9.28. The minimum Gasteiger partial charge on any atom is -0.392 e. The molecule has 0 aliphatic rings. The molecule has 0 spiro atoms. The summed E-state index contributed by atoms with van der Waals surface area (Å²) in [6.45, 7) is 1.03. The van der Waals surface area contributed by atoms with Gasteiger partial charge >= 0.3 is 0 Å². The van der Waals surface area contributed by atoms with E-state index < -0.39 is 0 Å². The first-order valence-electron chi connectivity index (χ1n) is 6.43. The van der Waals surface area contributed by atoms with Crippen LogP contribution in [0, 0.1) is 0 Å². The zero-order valence-corrected chi connectivity index (χ0v) is 11.0. The standard InChI is InChI=1S/C15H17N3O/c1-17-14(4-7-16-17)6-9-18-8-5-13-10-12(11-19)2-3-15(13)18/h2-5,7-8,10,19H,6,9,11H2,1H3. The van der Waals surface area contributed by atoms with Crippen LogP contribution in [-0.2, 0) is 26.6 Å². The van der Waals surface area contributed by atoms with Crippen LogP contribution in [0.4, 0.5) is 0 Å². The Morgan fingerprint density at radius 1 is 1.21 bits per heavy atom. The smallest absolute Gasteiger partial charge is 0.0682 e. The van der Waals surface area contributed by atoms with Crippen molar-refractivity contribution in [3.05, 3.63) is 54.0 Å². The Hall–Kier alpha value is -2.07. The molecule has 2 heterocycles. The molecule has 98 valence electrons. The number of hydrogen-bond donors (Lipinski definition) is 1. The summed E-state index contributed by atoms with van der Waals surface area (Å²) >= 11 is 0. The summed E-state index contributed by atoms with van der Waals surface area (Å²) in [4.78, 5) is 0. The molecule has 0 aliphatic carbocycles. The zero-order chi connectivity index (χ0) is 13.2. The van der Waals surface area contributed by atoms with Crippen molar-refractivity contribution >= 4 is 10.9 Å². The summed E-state index contributed by atoms with van der Waals surface area (Å²) in [5.41, 5.74) is 3.39. The number of nitrogens with zero attached hydrogens (tertiary/aromatic N) is 3. The number of fused-ring (bicyclic) bond motifs is 1. The van der Waals surface area contributed by atoms with Gasteiger partial charge in [-0.15, -0.1) is 0 Å². The van der Waals surface area contributed by atoms with Gasteiger partial charge in [0.2, 0.25) is 0 Å². The lowest BCUT2D eigenvalue weighted by Gasteiger charge is -2.06. The van der Waals surface area contributed by atoms with Gasteiger partial charge in [0, 0.05) is 43.6 Å². The van der Waals surface area contributed by atoms with Crippen LogP contribution < -0.4 is 0 Å². The van der Waals surface area contributed by atoms with E-state index in [4.69, 9.17) is 5.11 Å². The van der Waals surface area contributed by atoms with Crippen LogP contribution in [0.5, 0.6) is 0 Å². The highest BCUT2D eigenvalue weighted by Gasteiger charge is 2.04. The molecule has 1 aromatic carbocycles. The first-order valence-corrected chi connectivity index (χ1v) is 6.43. The third-order valence-electron chi connectivity index (χ3n) is 3.55. The summed E-state index contributed by atoms with van der Waals surface area (Å²) in [6.07, 6.45) is 4.89. The molecule has 4 nitrogen and oxygen atoms in total. The summed E-state index contributed by atoms with van der Waals surface area (Å²) in [5.74, 6) is 0. The van der Waals surface area contributed by atoms with E-state index in [1.807, 2.05) is 30.1 Å². The quantitative estimate of drug-likeness (QED) is 0.776. The van der Waals surface area contributed by atoms with Crippen molar-refractivity contribution in [2.24, 2.45) is 7.05 Å². The van der Waals surface area contributed by atoms with Crippen LogP contribution in [0.2, 0.25) is 0 Å². The molecule has 0 fully saturated rings. The number of aromatic nitrogens is 3. The van der Waals surface area contributed by atoms with Crippen molar-refractivity contribution in [3.8, 4) is 0 Å². The highest BCUT2D eigenvalue weighted by molar-refractivity contribution is 5.80. The minimum atomic E-state index is 0.0934. The van der Waals surface area contributed by atoms with Crippen LogP contribution >= 0.6 is 0 Å². The summed E-state index contributed by atoms with van der Waals surface area (Å²) in [6, 6.07) is 10.2. The molecule has 19 heavy (non-hydrogen) atoms. The minimum absolute atomic E-state index is 0.0934. The van der Waals surface area contributed by atoms with Crippen molar-refractivity contribution in [1.82, 2.24) is 14.3 Å². The maximum Gasteiger partial charge on any atom is 0.0682 e. The van der Waals surface area contributed by atoms with Gasteiger partial charge in [-0.25, -0.2) is 0 Å². The maximum absolute atomic E-state index is 9.15. The molecule has 3 aromatic rings. The molecule has 0 radical (unpaired) electrons. The van der Waals surface area contributed by atoms with Gasteiger partial charge in [0.15, 0.2) is 0 Å². The van der Waals surface area contributed by atoms with E-state index in [-0.39, 0.29) is 6.61 Å². The lowest BCUT2D eigenvalue weighted by Crippen LogP contribution is -2.04. The number of aliphatic hydroxyl groups is 1. The number of hydrogen-bond acceptors (Lipinski definition) is 2. The highest BCUT2D eigenvalue weighted by atomic mass is 16.3. The monoisotopic (exact) mass is 255 g/mol. The second-order valence-corrected chi connectivity index (χ2v) is 4.76. The lowest BCUT2D eigenvalue weighted by atomic mass is 10.2. The molecule has 0 saturated heterocycles. The normalized spacial score (nSPS) is 11.3. The third kappa shape index (κ3) is 2.27. The van der Waals surface area contributed by atoms with Gasteiger partial charge in [0.05, 0.1) is 6.61 Å². The van der Waals surface area contributed by atoms with Gasteiger partial charge < -0.3 is 9.67 Å². The Labute approximate surface area is 111 Å². The van der Waals surface area contributed by atoms with E-state index in [0.717, 1.165) is 18.5 Å². The van der Waals surface area contributed by atoms with Gasteiger partial charge in [0.25, 0.3) is 0 Å². The fraction of sp³-hybridized carbons (Fsp3) is 0.267. The fourth-order valence-corrected chi connectivity index (χ4v) is 2.42. The van der Waals surface area contributed by atoms with E-state index in [1.165, 1.54) is 16.6 Å². The topological polar surface area (TPSA) is 43.0 Å². The molecule has 2 aromatic heterocycles. The summed E-state index contributed by atoms with van der Waals surface area (Å²) in [5, 5.41) is 14.5. The summed E-state index contributed by atoms with van der Waals surface area (Å²) < 4.78 is 4.15. The molecule has 0 saturated carbocycles. The predicted molar refractivity (Wildman–Crippen MR) is 74.8 cm³/mol. The number of aliphatic hydroxyl groups excluding tert-OH is 1. The van der Waals surface area contributed by atoms with Crippen molar-refractivity contribution < 1.29 is 5.11 Å². The van der Waals surface area contributed by atoms with E-state index >= 15 is 0 Å². The SMILES string of the molecule is Cn1nccc1CCn1ccc2cc(CO)ccc21. The van der Waals surface area contributed by atoms with Crippen LogP contribution in [0.25, 0.3) is 10.9 Å². The predicted octanol–water partition coefficient (Wildman–Crippen LogP) is 2.11. The van der Waals surface area contributed by atoms with E-state index in [9.17, 15) is 0 Å². The molecule has 0 amide bonds. The molecule has 4 heteroatoms. The van der Waals surface area contributed by atoms with Crippen molar-refractivity contribution in [3.63, 3.8) is 0 Å². The molecule has 3 rings (SSSR count). The Bertz CT molecular complexity index is 696.